The van der Waals surface area contributed by atoms with Crippen molar-refractivity contribution >= 4 is 39.0 Å². The molecule has 4 heterocycles. The highest BCUT2D eigenvalue weighted by atomic mass is 32.2. The summed E-state index contributed by atoms with van der Waals surface area (Å²) in [6.45, 7) is 0.392. The van der Waals surface area contributed by atoms with E-state index in [1.807, 2.05) is 6.07 Å². The summed E-state index contributed by atoms with van der Waals surface area (Å²) in [5.41, 5.74) is 4.77. The highest BCUT2D eigenvalue weighted by Gasteiger charge is 2.46. The Morgan fingerprint density at radius 3 is 2.60 bits per heavy atom. The summed E-state index contributed by atoms with van der Waals surface area (Å²) in [6.07, 6.45) is -2.43. The minimum Gasteiger partial charge on any atom is -0.381 e. The molecule has 2 aromatic heterocycles. The van der Waals surface area contributed by atoms with E-state index in [9.17, 15) is 36.4 Å². The summed E-state index contributed by atoms with van der Waals surface area (Å²) in [7, 11) is -3.94. The van der Waals surface area contributed by atoms with Crippen molar-refractivity contribution in [3.63, 3.8) is 0 Å². The number of benzene rings is 1. The predicted molar refractivity (Wildman–Crippen MR) is 133 cm³/mol. The molecule has 2 amide bonds. The highest BCUT2D eigenvalue weighted by Crippen LogP contribution is 2.38. The lowest BCUT2D eigenvalue weighted by Crippen LogP contribution is -2.61. The van der Waals surface area contributed by atoms with Gasteiger partial charge in [0.1, 0.15) is 11.6 Å². The number of aromatic nitrogens is 3. The number of halogens is 3. The molecule has 2 aliphatic heterocycles. The van der Waals surface area contributed by atoms with E-state index in [0.29, 0.717) is 4.90 Å². The highest BCUT2D eigenvalue weighted by molar-refractivity contribution is 7.92. The van der Waals surface area contributed by atoms with Crippen molar-refractivity contribution < 1.29 is 35.9 Å². The van der Waals surface area contributed by atoms with E-state index in [1.165, 1.54) is 28.9 Å². The molecule has 0 aliphatic carbocycles. The standard InChI is InChI=1S/C23H21F3N8O5S/c1-11(23(24,25)26)33-7-13-5-12(6-15(16(13)21(33)36)32-40(2,37)38)14-3-4-34-19(29-14)17(18(28)31-34)20(35)30-22(8-27)9-39-10-22/h3-6,11,32H,7,9-10H2,1-2H3,(H2,28,31)(H,30,35)/t11-/m0/s1. The van der Waals surface area contributed by atoms with Crippen molar-refractivity contribution in [1.82, 2.24) is 24.8 Å². The molecule has 0 saturated carbocycles. The minimum absolute atomic E-state index is 0.00217. The topological polar surface area (TPSA) is 185 Å². The van der Waals surface area contributed by atoms with E-state index in [2.05, 4.69) is 20.1 Å². The van der Waals surface area contributed by atoms with Crippen molar-refractivity contribution in [3.05, 3.63) is 41.1 Å². The number of carbonyl (C=O) groups is 2. The number of alkyl halides is 3. The number of nitrogens with zero attached hydrogens (tertiary/aromatic N) is 5. The Bertz CT molecular complexity index is 1730. The maximum atomic E-state index is 13.4. The number of hydrogen-bond donors (Lipinski definition) is 3. The number of rotatable bonds is 6. The first-order chi connectivity index (χ1) is 18.6. The fraction of sp³-hybridized carbons (Fsp3) is 0.348. The molecule has 3 aromatic rings. The van der Waals surface area contributed by atoms with Crippen LogP contribution in [0.15, 0.2) is 24.4 Å². The number of anilines is 2. The summed E-state index contributed by atoms with van der Waals surface area (Å²) in [5.74, 6) is -1.88. The second-order valence-corrected chi connectivity index (χ2v) is 11.3. The number of nitrogen functional groups attached to an aromatic ring is 1. The Hall–Kier alpha value is -4.43. The van der Waals surface area contributed by atoms with Gasteiger partial charge in [-0.1, -0.05) is 0 Å². The Kier molecular flexibility index (Phi) is 6.15. The van der Waals surface area contributed by atoms with Crippen molar-refractivity contribution in [2.45, 2.75) is 31.2 Å². The third-order valence-corrected chi connectivity index (χ3v) is 7.16. The van der Waals surface area contributed by atoms with Crippen LogP contribution in [0.4, 0.5) is 24.7 Å². The summed E-state index contributed by atoms with van der Waals surface area (Å²) in [4.78, 5) is 31.1. The first-order valence-corrected chi connectivity index (χ1v) is 13.5. The van der Waals surface area contributed by atoms with Crippen LogP contribution in [0.2, 0.25) is 0 Å². The van der Waals surface area contributed by atoms with E-state index < -0.39 is 46.1 Å². The summed E-state index contributed by atoms with van der Waals surface area (Å²) in [6, 6.07) is 4.03. The molecule has 0 unspecified atom stereocenters. The Morgan fingerprint density at radius 2 is 2.02 bits per heavy atom. The smallest absolute Gasteiger partial charge is 0.381 e. The van der Waals surface area contributed by atoms with Gasteiger partial charge >= 0.3 is 6.18 Å². The fourth-order valence-electron chi connectivity index (χ4n) is 4.47. The van der Waals surface area contributed by atoms with Gasteiger partial charge in [0.2, 0.25) is 10.0 Å². The molecule has 17 heteroatoms. The van der Waals surface area contributed by atoms with Gasteiger partial charge in [-0.15, -0.1) is 5.10 Å². The number of carbonyl (C=O) groups excluding carboxylic acids is 2. The maximum Gasteiger partial charge on any atom is 0.408 e. The molecule has 0 spiro atoms. The van der Waals surface area contributed by atoms with Crippen molar-refractivity contribution in [1.29, 1.82) is 5.26 Å². The number of nitrogens with two attached hydrogens (primary N) is 1. The van der Waals surface area contributed by atoms with Crippen molar-refractivity contribution in [2.75, 3.05) is 29.9 Å². The molecule has 40 heavy (non-hydrogen) atoms. The van der Waals surface area contributed by atoms with E-state index in [0.717, 1.165) is 13.2 Å². The number of nitriles is 1. The SMILES string of the molecule is C[C@H](N1Cc2cc(-c3ccn4nc(N)c(C(=O)NC5(C#N)COC5)c4n3)cc(NS(C)(=O)=O)c2C1=O)C(F)(F)F. The second-order valence-electron chi connectivity index (χ2n) is 9.56. The van der Waals surface area contributed by atoms with Crippen LogP contribution in [-0.4, -0.2) is 77.0 Å². The molecule has 1 aromatic carbocycles. The Balaban J connectivity index is 1.60. The molecular formula is C23H21F3N8O5S. The summed E-state index contributed by atoms with van der Waals surface area (Å²) in [5, 5.41) is 16.0. The molecule has 0 bridgehead atoms. The summed E-state index contributed by atoms with van der Waals surface area (Å²) >= 11 is 0. The quantitative estimate of drug-likeness (QED) is 0.388. The Morgan fingerprint density at radius 1 is 1.32 bits per heavy atom. The number of amides is 2. The Labute approximate surface area is 224 Å². The molecule has 5 rings (SSSR count). The van der Waals surface area contributed by atoms with Crippen LogP contribution in [-0.2, 0) is 21.3 Å². The van der Waals surface area contributed by atoms with Crippen LogP contribution in [0, 0.1) is 11.3 Å². The first kappa shape index (κ1) is 27.1. The van der Waals surface area contributed by atoms with Gasteiger partial charge in [0, 0.05) is 18.3 Å². The zero-order valence-corrected chi connectivity index (χ0v) is 21.7. The molecule has 0 radical (unpaired) electrons. The molecular weight excluding hydrogens is 557 g/mol. The number of nitrogens with one attached hydrogen (secondary N) is 2. The van der Waals surface area contributed by atoms with E-state index in [4.69, 9.17) is 10.5 Å². The third-order valence-electron chi connectivity index (χ3n) is 6.57. The number of hydrogen-bond acceptors (Lipinski definition) is 9. The predicted octanol–water partition coefficient (Wildman–Crippen LogP) is 1.28. The van der Waals surface area contributed by atoms with Gasteiger partial charge in [-0.2, -0.15) is 18.4 Å². The first-order valence-electron chi connectivity index (χ1n) is 11.6. The molecule has 13 nitrogen and oxygen atoms in total. The lowest BCUT2D eigenvalue weighted by Gasteiger charge is -2.35. The number of sulfonamides is 1. The average molecular weight is 579 g/mol. The lowest BCUT2D eigenvalue weighted by atomic mass is 9.99. The van der Waals surface area contributed by atoms with E-state index >= 15 is 0 Å². The average Bonchev–Trinajstić information content (AvgIpc) is 3.34. The molecule has 1 atom stereocenters. The monoisotopic (exact) mass is 578 g/mol. The second kappa shape index (κ2) is 9.06. The van der Waals surface area contributed by atoms with Crippen LogP contribution in [0.5, 0.6) is 0 Å². The van der Waals surface area contributed by atoms with Gasteiger partial charge < -0.3 is 20.7 Å². The molecule has 4 N–H and O–H groups in total. The van der Waals surface area contributed by atoms with E-state index in [1.54, 1.807) is 0 Å². The zero-order chi connectivity index (χ0) is 29.2. The lowest BCUT2D eigenvalue weighted by molar-refractivity contribution is -0.172. The summed E-state index contributed by atoms with van der Waals surface area (Å²) < 4.78 is 72.9. The van der Waals surface area contributed by atoms with Crippen LogP contribution >= 0.6 is 0 Å². The molecule has 2 aliphatic rings. The van der Waals surface area contributed by atoms with Crippen molar-refractivity contribution in [2.24, 2.45) is 0 Å². The van der Waals surface area contributed by atoms with Gasteiger partial charge in [-0.3, -0.25) is 14.3 Å². The third kappa shape index (κ3) is 4.64. The molecule has 1 fully saturated rings. The fourth-order valence-corrected chi connectivity index (χ4v) is 5.03. The van der Waals surface area contributed by atoms with E-state index in [-0.39, 0.29) is 58.3 Å². The van der Waals surface area contributed by atoms with Crippen LogP contribution < -0.4 is 15.8 Å². The molecule has 210 valence electrons. The van der Waals surface area contributed by atoms with Gasteiger partial charge in [-0.05, 0) is 30.7 Å². The number of fused-ring (bicyclic) bond motifs is 2. The molecule has 1 saturated heterocycles. The van der Waals surface area contributed by atoms with Crippen molar-refractivity contribution in [3.8, 4) is 17.3 Å². The van der Waals surface area contributed by atoms with Crippen LogP contribution in [0.3, 0.4) is 0 Å². The zero-order valence-electron chi connectivity index (χ0n) is 20.9. The van der Waals surface area contributed by atoms with Crippen LogP contribution in [0.1, 0.15) is 33.2 Å². The van der Waals surface area contributed by atoms with Gasteiger partial charge in [0.05, 0.1) is 42.5 Å². The maximum absolute atomic E-state index is 13.4. The minimum atomic E-state index is -4.70. The number of ether oxygens (including phenoxy) is 1. The van der Waals surface area contributed by atoms with Crippen LogP contribution in [0.25, 0.3) is 16.9 Å². The van der Waals surface area contributed by atoms with Gasteiger partial charge in [0.15, 0.2) is 17.0 Å². The largest absolute Gasteiger partial charge is 0.408 e. The van der Waals surface area contributed by atoms with Gasteiger partial charge in [-0.25, -0.2) is 17.9 Å². The normalized spacial score (nSPS) is 17.2. The van der Waals surface area contributed by atoms with Gasteiger partial charge in [0.25, 0.3) is 11.8 Å².